The first kappa shape index (κ1) is 9.54. The second-order valence-electron chi connectivity index (χ2n) is 2.35. The van der Waals surface area contributed by atoms with Crippen LogP contribution >= 0.6 is 11.6 Å². The molecule has 1 aromatic heterocycles. The van der Waals surface area contributed by atoms with Gasteiger partial charge in [0, 0.05) is 6.08 Å². The molecule has 1 aromatic rings. The smallest absolute Gasteiger partial charge is 0.241 e. The lowest BCUT2D eigenvalue weighted by atomic mass is 10.3. The minimum atomic E-state index is -0.533. The Labute approximate surface area is 80.2 Å². The zero-order chi connectivity index (χ0) is 9.84. The number of hydrogen-bond acceptors (Lipinski definition) is 3. The van der Waals surface area contributed by atoms with Crippen LogP contribution in [0.25, 0.3) is 6.08 Å². The van der Waals surface area contributed by atoms with Gasteiger partial charge < -0.3 is 11.5 Å². The maximum atomic E-state index is 10.4. The first-order chi connectivity index (χ1) is 6.09. The predicted molar refractivity (Wildman–Crippen MR) is 51.9 cm³/mol. The van der Waals surface area contributed by atoms with Crippen molar-refractivity contribution in [1.82, 2.24) is 4.98 Å². The van der Waals surface area contributed by atoms with E-state index in [0.717, 1.165) is 0 Å². The molecule has 1 heterocycles. The van der Waals surface area contributed by atoms with Crippen LogP contribution in [0.1, 0.15) is 5.69 Å². The Bertz CT molecular complexity index is 362. The summed E-state index contributed by atoms with van der Waals surface area (Å²) < 4.78 is 0. The lowest BCUT2D eigenvalue weighted by molar-refractivity contribution is -0.113. The van der Waals surface area contributed by atoms with Crippen molar-refractivity contribution in [3.05, 3.63) is 29.1 Å². The number of anilines is 1. The first-order valence-electron chi connectivity index (χ1n) is 3.49. The fourth-order valence-electron chi connectivity index (χ4n) is 0.719. The molecule has 0 unspecified atom stereocenters. The molecule has 0 spiro atoms. The molecule has 13 heavy (non-hydrogen) atoms. The minimum Gasteiger partial charge on any atom is -0.396 e. The van der Waals surface area contributed by atoms with Crippen LogP contribution in [0.15, 0.2) is 18.2 Å². The fourth-order valence-corrected chi connectivity index (χ4v) is 0.880. The van der Waals surface area contributed by atoms with E-state index in [1.54, 1.807) is 12.1 Å². The highest BCUT2D eigenvalue weighted by molar-refractivity contribution is 6.31. The summed E-state index contributed by atoms with van der Waals surface area (Å²) in [4.78, 5) is 14.3. The number of hydrogen-bond donors (Lipinski definition) is 2. The predicted octanol–water partition coefficient (Wildman–Crippen LogP) is 0.816. The molecule has 0 atom stereocenters. The minimum absolute atomic E-state index is 0.214. The number of pyridine rings is 1. The van der Waals surface area contributed by atoms with Gasteiger partial charge in [-0.1, -0.05) is 11.6 Å². The van der Waals surface area contributed by atoms with Gasteiger partial charge in [0.15, 0.2) is 5.15 Å². The normalized spacial score (nSPS) is 10.5. The molecule has 0 saturated heterocycles. The summed E-state index contributed by atoms with van der Waals surface area (Å²) in [6.45, 7) is 0. The third kappa shape index (κ3) is 2.76. The number of carbonyl (C=O) groups excluding carboxylic acids is 1. The van der Waals surface area contributed by atoms with E-state index < -0.39 is 5.91 Å². The third-order valence-electron chi connectivity index (χ3n) is 1.32. The zero-order valence-electron chi connectivity index (χ0n) is 6.70. The average Bonchev–Trinajstić information content (AvgIpc) is 2.07. The maximum absolute atomic E-state index is 10.4. The summed E-state index contributed by atoms with van der Waals surface area (Å²) in [6.07, 6.45) is 2.67. The topological polar surface area (TPSA) is 82.0 Å². The molecule has 0 fully saturated rings. The fraction of sp³-hybridized carbons (Fsp3) is 0. The standard InChI is InChI=1S/C8H8ClN3O/c9-8-6(10)3-1-5(12-8)2-4-7(11)13/h1-4H,10H2,(H2,11,13). The van der Waals surface area contributed by atoms with Crippen molar-refractivity contribution in [2.75, 3.05) is 5.73 Å². The molecular weight excluding hydrogens is 190 g/mol. The number of nitrogens with zero attached hydrogens (tertiary/aromatic N) is 1. The van der Waals surface area contributed by atoms with E-state index in [1.165, 1.54) is 12.2 Å². The number of halogens is 1. The van der Waals surface area contributed by atoms with Gasteiger partial charge >= 0.3 is 0 Å². The Balaban J connectivity index is 2.92. The summed E-state index contributed by atoms with van der Waals surface area (Å²) in [5.74, 6) is -0.533. The Morgan fingerprint density at radius 2 is 2.23 bits per heavy atom. The van der Waals surface area contributed by atoms with Crippen molar-refractivity contribution in [2.45, 2.75) is 0 Å². The van der Waals surface area contributed by atoms with Crippen molar-refractivity contribution in [1.29, 1.82) is 0 Å². The maximum Gasteiger partial charge on any atom is 0.241 e. The van der Waals surface area contributed by atoms with E-state index in [9.17, 15) is 4.79 Å². The van der Waals surface area contributed by atoms with Crippen molar-refractivity contribution in [3.63, 3.8) is 0 Å². The molecule has 4 nitrogen and oxygen atoms in total. The van der Waals surface area contributed by atoms with Crippen molar-refractivity contribution in [3.8, 4) is 0 Å². The number of aromatic nitrogens is 1. The van der Waals surface area contributed by atoms with Crippen LogP contribution in [0.3, 0.4) is 0 Å². The Hall–Kier alpha value is -1.55. The summed E-state index contributed by atoms with van der Waals surface area (Å²) in [5, 5.41) is 0.214. The zero-order valence-corrected chi connectivity index (χ0v) is 7.45. The van der Waals surface area contributed by atoms with E-state index in [0.29, 0.717) is 11.4 Å². The summed E-state index contributed by atoms with van der Waals surface area (Å²) in [5.41, 5.74) is 11.3. The van der Waals surface area contributed by atoms with Crippen molar-refractivity contribution in [2.24, 2.45) is 5.73 Å². The molecule has 1 amide bonds. The number of primary amides is 1. The molecule has 5 heteroatoms. The van der Waals surface area contributed by atoms with Crippen molar-refractivity contribution >= 4 is 29.3 Å². The molecule has 0 aliphatic rings. The number of nitrogens with two attached hydrogens (primary N) is 2. The summed E-state index contributed by atoms with van der Waals surface area (Å²) >= 11 is 5.64. The SMILES string of the molecule is NC(=O)C=Cc1ccc(N)c(Cl)n1. The first-order valence-corrected chi connectivity index (χ1v) is 3.87. The highest BCUT2D eigenvalue weighted by Crippen LogP contribution is 2.15. The van der Waals surface area contributed by atoms with Crippen LogP contribution in [0.2, 0.25) is 5.15 Å². The van der Waals surface area contributed by atoms with Crippen LogP contribution in [0.5, 0.6) is 0 Å². The highest BCUT2D eigenvalue weighted by Gasteiger charge is 1.97. The molecule has 0 bridgehead atoms. The van der Waals surface area contributed by atoms with Crippen LogP contribution in [0.4, 0.5) is 5.69 Å². The van der Waals surface area contributed by atoms with Crippen molar-refractivity contribution < 1.29 is 4.79 Å². The van der Waals surface area contributed by atoms with Gasteiger partial charge in [0.25, 0.3) is 0 Å². The number of carbonyl (C=O) groups is 1. The Morgan fingerprint density at radius 3 is 2.77 bits per heavy atom. The average molecular weight is 198 g/mol. The van der Waals surface area contributed by atoms with Gasteiger partial charge in [-0.25, -0.2) is 4.98 Å². The molecule has 0 aromatic carbocycles. The van der Waals surface area contributed by atoms with E-state index in [-0.39, 0.29) is 5.15 Å². The molecular formula is C8H8ClN3O. The Kier molecular flexibility index (Phi) is 2.87. The van der Waals surface area contributed by atoms with E-state index in [4.69, 9.17) is 23.1 Å². The van der Waals surface area contributed by atoms with Gasteiger partial charge in [-0.3, -0.25) is 4.79 Å². The van der Waals surface area contributed by atoms with Crippen LogP contribution < -0.4 is 11.5 Å². The molecule has 68 valence electrons. The second kappa shape index (κ2) is 3.91. The van der Waals surface area contributed by atoms with Gasteiger partial charge in [0.1, 0.15) is 0 Å². The molecule has 1 rings (SSSR count). The quantitative estimate of drug-likeness (QED) is 0.544. The van der Waals surface area contributed by atoms with Gasteiger partial charge in [0.05, 0.1) is 11.4 Å². The number of amides is 1. The second-order valence-corrected chi connectivity index (χ2v) is 2.71. The van der Waals surface area contributed by atoms with Gasteiger partial charge in [-0.2, -0.15) is 0 Å². The summed E-state index contributed by atoms with van der Waals surface area (Å²) in [7, 11) is 0. The van der Waals surface area contributed by atoms with Crippen LogP contribution in [-0.4, -0.2) is 10.9 Å². The molecule has 0 aliphatic carbocycles. The van der Waals surface area contributed by atoms with Gasteiger partial charge in [0.2, 0.25) is 5.91 Å². The lowest BCUT2D eigenvalue weighted by Gasteiger charge is -1.97. The number of rotatable bonds is 2. The monoisotopic (exact) mass is 197 g/mol. The lowest BCUT2D eigenvalue weighted by Crippen LogP contribution is -2.05. The summed E-state index contributed by atoms with van der Waals surface area (Å²) in [6, 6.07) is 3.25. The largest absolute Gasteiger partial charge is 0.396 e. The molecule has 4 N–H and O–H groups in total. The van der Waals surface area contributed by atoms with Gasteiger partial charge in [-0.05, 0) is 18.2 Å². The van der Waals surface area contributed by atoms with E-state index in [2.05, 4.69) is 4.98 Å². The van der Waals surface area contributed by atoms with Crippen LogP contribution in [-0.2, 0) is 4.79 Å². The highest BCUT2D eigenvalue weighted by atomic mass is 35.5. The number of nitrogen functional groups attached to an aromatic ring is 1. The molecule has 0 aliphatic heterocycles. The van der Waals surface area contributed by atoms with Crippen LogP contribution in [0, 0.1) is 0 Å². The van der Waals surface area contributed by atoms with E-state index >= 15 is 0 Å². The van der Waals surface area contributed by atoms with Gasteiger partial charge in [-0.15, -0.1) is 0 Å². The molecule has 0 saturated carbocycles. The molecule has 0 radical (unpaired) electrons. The van der Waals surface area contributed by atoms with E-state index in [1.807, 2.05) is 0 Å². The third-order valence-corrected chi connectivity index (χ3v) is 1.62. The Morgan fingerprint density at radius 1 is 1.54 bits per heavy atom.